The summed E-state index contributed by atoms with van der Waals surface area (Å²) < 4.78 is 12.9. The maximum atomic E-state index is 12.9. The first kappa shape index (κ1) is 15.0. The molecule has 0 aliphatic rings. The van der Waals surface area contributed by atoms with Gasteiger partial charge in [-0.05, 0) is 35.9 Å². The van der Waals surface area contributed by atoms with Crippen LogP contribution in [0.15, 0.2) is 42.5 Å². The van der Waals surface area contributed by atoms with Crippen LogP contribution in [0.2, 0.25) is 5.02 Å². The minimum atomic E-state index is -0.537. The molecule has 0 saturated heterocycles. The molecule has 6 heteroatoms. The van der Waals surface area contributed by atoms with E-state index in [0.29, 0.717) is 5.56 Å². The Kier molecular flexibility index (Phi) is 4.55. The number of nitrogens with two attached hydrogens (primary N) is 1. The van der Waals surface area contributed by atoms with Crippen molar-refractivity contribution >= 4 is 23.4 Å². The molecular weight excluding hydrogens is 295 g/mol. The molecule has 0 heterocycles. The molecule has 3 N–H and O–H groups in total. The van der Waals surface area contributed by atoms with E-state index >= 15 is 0 Å². The molecule has 2 amide bonds. The lowest BCUT2D eigenvalue weighted by molar-refractivity contribution is 0.0950. The SMILES string of the molecule is NC(=O)c1cccc(CNC(=O)c2ccc(F)cc2Cl)c1. The van der Waals surface area contributed by atoms with Crippen molar-refractivity contribution in [2.75, 3.05) is 0 Å². The van der Waals surface area contributed by atoms with Crippen molar-refractivity contribution in [2.45, 2.75) is 6.54 Å². The fourth-order valence-corrected chi connectivity index (χ4v) is 2.04. The summed E-state index contributed by atoms with van der Waals surface area (Å²) in [6.07, 6.45) is 0. The molecule has 0 radical (unpaired) electrons. The predicted octanol–water partition coefficient (Wildman–Crippen LogP) is 2.51. The quantitative estimate of drug-likeness (QED) is 0.911. The first-order valence-electron chi connectivity index (χ1n) is 6.09. The second-order valence-electron chi connectivity index (χ2n) is 4.37. The predicted molar refractivity (Wildman–Crippen MR) is 77.5 cm³/mol. The Morgan fingerprint density at radius 3 is 2.62 bits per heavy atom. The van der Waals surface area contributed by atoms with Crippen molar-refractivity contribution in [1.29, 1.82) is 0 Å². The van der Waals surface area contributed by atoms with E-state index in [1.807, 2.05) is 0 Å². The normalized spacial score (nSPS) is 10.2. The number of amides is 2. The Morgan fingerprint density at radius 2 is 1.95 bits per heavy atom. The molecule has 21 heavy (non-hydrogen) atoms. The topological polar surface area (TPSA) is 72.2 Å². The maximum absolute atomic E-state index is 12.9. The number of carbonyl (C=O) groups excluding carboxylic acids is 2. The van der Waals surface area contributed by atoms with Crippen molar-refractivity contribution in [2.24, 2.45) is 5.73 Å². The minimum Gasteiger partial charge on any atom is -0.366 e. The van der Waals surface area contributed by atoms with Crippen molar-refractivity contribution in [1.82, 2.24) is 5.32 Å². The molecule has 2 aromatic rings. The van der Waals surface area contributed by atoms with Gasteiger partial charge in [0.1, 0.15) is 5.82 Å². The zero-order chi connectivity index (χ0) is 15.4. The molecule has 2 aromatic carbocycles. The molecular formula is C15H12ClFN2O2. The van der Waals surface area contributed by atoms with E-state index in [9.17, 15) is 14.0 Å². The number of benzene rings is 2. The van der Waals surface area contributed by atoms with Crippen LogP contribution in [0.25, 0.3) is 0 Å². The van der Waals surface area contributed by atoms with Crippen molar-refractivity contribution in [3.05, 3.63) is 70.0 Å². The number of carbonyl (C=O) groups is 2. The van der Waals surface area contributed by atoms with E-state index in [1.165, 1.54) is 6.07 Å². The van der Waals surface area contributed by atoms with Gasteiger partial charge in [-0.15, -0.1) is 0 Å². The van der Waals surface area contributed by atoms with Crippen LogP contribution in [0.3, 0.4) is 0 Å². The summed E-state index contributed by atoms with van der Waals surface area (Å²) in [6, 6.07) is 10.1. The smallest absolute Gasteiger partial charge is 0.253 e. The molecule has 2 rings (SSSR count). The molecule has 0 bridgehead atoms. The molecule has 0 atom stereocenters. The number of hydrogen-bond acceptors (Lipinski definition) is 2. The summed E-state index contributed by atoms with van der Waals surface area (Å²) >= 11 is 5.81. The maximum Gasteiger partial charge on any atom is 0.253 e. The summed E-state index contributed by atoms with van der Waals surface area (Å²) in [6.45, 7) is 0.202. The third-order valence-corrected chi connectivity index (χ3v) is 3.15. The second-order valence-corrected chi connectivity index (χ2v) is 4.78. The second kappa shape index (κ2) is 6.37. The van der Waals surface area contributed by atoms with Gasteiger partial charge < -0.3 is 11.1 Å². The molecule has 108 valence electrons. The van der Waals surface area contributed by atoms with Gasteiger partial charge in [0.15, 0.2) is 0 Å². The first-order chi connectivity index (χ1) is 9.97. The first-order valence-corrected chi connectivity index (χ1v) is 6.47. The molecule has 0 unspecified atom stereocenters. The Balaban J connectivity index is 2.07. The summed E-state index contributed by atoms with van der Waals surface area (Å²) in [5.41, 5.74) is 6.45. The van der Waals surface area contributed by atoms with Crippen molar-refractivity contribution in [3.8, 4) is 0 Å². The highest BCUT2D eigenvalue weighted by molar-refractivity contribution is 6.33. The number of hydrogen-bond donors (Lipinski definition) is 2. The summed E-state index contributed by atoms with van der Waals surface area (Å²) in [4.78, 5) is 23.0. The fourth-order valence-electron chi connectivity index (χ4n) is 1.79. The highest BCUT2D eigenvalue weighted by Crippen LogP contribution is 2.17. The summed E-state index contributed by atoms with van der Waals surface area (Å²) in [7, 11) is 0. The van der Waals surface area contributed by atoms with Crippen molar-refractivity contribution in [3.63, 3.8) is 0 Å². The number of nitrogens with one attached hydrogen (secondary N) is 1. The van der Waals surface area contributed by atoms with Gasteiger partial charge in [-0.3, -0.25) is 9.59 Å². The van der Waals surface area contributed by atoms with Crippen LogP contribution in [0, 0.1) is 5.82 Å². The van der Waals surface area contributed by atoms with Crippen molar-refractivity contribution < 1.29 is 14.0 Å². The van der Waals surface area contributed by atoms with E-state index in [-0.39, 0.29) is 17.1 Å². The van der Waals surface area contributed by atoms with E-state index < -0.39 is 17.6 Å². The Labute approximate surface area is 125 Å². The molecule has 0 spiro atoms. The van der Waals surface area contributed by atoms with Crippen LogP contribution in [-0.2, 0) is 6.54 Å². The Morgan fingerprint density at radius 1 is 1.19 bits per heavy atom. The molecule has 0 fully saturated rings. The van der Waals surface area contributed by atoms with Crippen LogP contribution >= 0.6 is 11.6 Å². The van der Waals surface area contributed by atoms with Gasteiger partial charge >= 0.3 is 0 Å². The lowest BCUT2D eigenvalue weighted by Gasteiger charge is -2.07. The highest BCUT2D eigenvalue weighted by Gasteiger charge is 2.11. The van der Waals surface area contributed by atoms with E-state index in [0.717, 1.165) is 17.7 Å². The molecule has 0 aliphatic heterocycles. The van der Waals surface area contributed by atoms with Crippen LogP contribution in [-0.4, -0.2) is 11.8 Å². The van der Waals surface area contributed by atoms with Gasteiger partial charge in [0.25, 0.3) is 5.91 Å². The van der Waals surface area contributed by atoms with E-state index in [4.69, 9.17) is 17.3 Å². The van der Waals surface area contributed by atoms with Crippen LogP contribution in [0.4, 0.5) is 4.39 Å². The van der Waals surface area contributed by atoms with Gasteiger partial charge in [-0.2, -0.15) is 0 Å². The third kappa shape index (κ3) is 3.79. The molecule has 0 aromatic heterocycles. The zero-order valence-electron chi connectivity index (χ0n) is 10.9. The average Bonchev–Trinajstić information content (AvgIpc) is 2.45. The molecule has 0 saturated carbocycles. The lowest BCUT2D eigenvalue weighted by atomic mass is 10.1. The van der Waals surface area contributed by atoms with Crippen LogP contribution in [0.1, 0.15) is 26.3 Å². The van der Waals surface area contributed by atoms with Gasteiger partial charge in [0.2, 0.25) is 5.91 Å². The standard InChI is InChI=1S/C15H12ClFN2O2/c16-13-7-11(17)4-5-12(13)15(21)19-8-9-2-1-3-10(6-9)14(18)20/h1-7H,8H2,(H2,18,20)(H,19,21). The fraction of sp³-hybridized carbons (Fsp3) is 0.0667. The summed E-state index contributed by atoms with van der Waals surface area (Å²) in [5.74, 6) is -1.47. The average molecular weight is 307 g/mol. The Bertz CT molecular complexity index is 704. The van der Waals surface area contributed by atoms with Gasteiger partial charge in [0, 0.05) is 12.1 Å². The third-order valence-electron chi connectivity index (χ3n) is 2.84. The minimum absolute atomic E-state index is 0.0402. The largest absolute Gasteiger partial charge is 0.366 e. The van der Waals surface area contributed by atoms with Crippen LogP contribution < -0.4 is 11.1 Å². The monoisotopic (exact) mass is 306 g/mol. The number of rotatable bonds is 4. The van der Waals surface area contributed by atoms with Gasteiger partial charge in [0.05, 0.1) is 10.6 Å². The lowest BCUT2D eigenvalue weighted by Crippen LogP contribution is -2.23. The van der Waals surface area contributed by atoms with Gasteiger partial charge in [-0.1, -0.05) is 23.7 Å². The summed E-state index contributed by atoms with van der Waals surface area (Å²) in [5, 5.41) is 2.68. The van der Waals surface area contributed by atoms with Gasteiger partial charge in [-0.25, -0.2) is 4.39 Å². The Hall–Kier alpha value is -2.40. The molecule has 4 nitrogen and oxygen atoms in total. The van der Waals surface area contributed by atoms with E-state index in [1.54, 1.807) is 24.3 Å². The number of primary amides is 1. The molecule has 0 aliphatic carbocycles. The van der Waals surface area contributed by atoms with E-state index in [2.05, 4.69) is 5.32 Å². The number of halogens is 2. The highest BCUT2D eigenvalue weighted by atomic mass is 35.5. The van der Waals surface area contributed by atoms with Crippen LogP contribution in [0.5, 0.6) is 0 Å². The zero-order valence-corrected chi connectivity index (χ0v) is 11.7.